The Morgan fingerprint density at radius 2 is 2.33 bits per heavy atom. The van der Waals surface area contributed by atoms with Crippen molar-refractivity contribution < 1.29 is 13.9 Å². The van der Waals surface area contributed by atoms with E-state index in [0.29, 0.717) is 23.0 Å². The normalized spacial score (nSPS) is 17.0. The Labute approximate surface area is 85.1 Å². The standard InChI is InChI=1S/C8H12F2N4O/c9-8(10,5-15)14-4-7(12-13-14)3-11-6-1-2-6/h4,6,11,15H,1-3,5H2. The number of hydrogen-bond acceptors (Lipinski definition) is 4. The van der Waals surface area contributed by atoms with E-state index in [-0.39, 0.29) is 0 Å². The van der Waals surface area contributed by atoms with E-state index in [1.807, 2.05) is 0 Å². The molecule has 0 bridgehead atoms. The lowest BCUT2D eigenvalue weighted by molar-refractivity contribution is -0.131. The molecule has 0 radical (unpaired) electrons. The molecule has 5 nitrogen and oxygen atoms in total. The van der Waals surface area contributed by atoms with Crippen LogP contribution < -0.4 is 5.32 Å². The van der Waals surface area contributed by atoms with Crippen LogP contribution in [-0.4, -0.2) is 32.7 Å². The largest absolute Gasteiger partial charge is 0.388 e. The van der Waals surface area contributed by atoms with E-state index in [4.69, 9.17) is 5.11 Å². The fourth-order valence-corrected chi connectivity index (χ4v) is 1.15. The Hall–Kier alpha value is -1.08. The summed E-state index contributed by atoms with van der Waals surface area (Å²) in [6, 6.07) is -2.88. The van der Waals surface area contributed by atoms with Crippen LogP contribution >= 0.6 is 0 Å². The molecule has 0 aliphatic heterocycles. The van der Waals surface area contributed by atoms with Gasteiger partial charge in [-0.15, -0.1) is 5.10 Å². The van der Waals surface area contributed by atoms with Gasteiger partial charge in [-0.2, -0.15) is 13.5 Å². The molecular formula is C8H12F2N4O. The third kappa shape index (κ3) is 2.48. The van der Waals surface area contributed by atoms with Gasteiger partial charge in [-0.25, -0.2) is 0 Å². The van der Waals surface area contributed by atoms with Gasteiger partial charge in [0.25, 0.3) is 0 Å². The zero-order chi connectivity index (χ0) is 10.9. The third-order valence-corrected chi connectivity index (χ3v) is 2.22. The maximum absolute atomic E-state index is 12.9. The van der Waals surface area contributed by atoms with E-state index >= 15 is 0 Å². The Morgan fingerprint density at radius 1 is 1.60 bits per heavy atom. The minimum Gasteiger partial charge on any atom is -0.388 e. The molecule has 0 spiro atoms. The van der Waals surface area contributed by atoms with Crippen LogP contribution in [0.3, 0.4) is 0 Å². The molecule has 84 valence electrons. The first kappa shape index (κ1) is 10.4. The number of aromatic nitrogens is 3. The summed E-state index contributed by atoms with van der Waals surface area (Å²) < 4.78 is 26.2. The molecular weight excluding hydrogens is 206 g/mol. The molecule has 1 saturated carbocycles. The molecule has 1 heterocycles. The highest BCUT2D eigenvalue weighted by Crippen LogP contribution is 2.20. The molecule has 15 heavy (non-hydrogen) atoms. The number of halogens is 2. The molecule has 7 heteroatoms. The number of rotatable bonds is 5. The van der Waals surface area contributed by atoms with E-state index in [2.05, 4.69) is 15.6 Å². The summed E-state index contributed by atoms with van der Waals surface area (Å²) in [6.07, 6.45) is 3.40. The summed E-state index contributed by atoms with van der Waals surface area (Å²) in [5.74, 6) is 0. The highest BCUT2D eigenvalue weighted by Gasteiger charge is 2.32. The fourth-order valence-electron chi connectivity index (χ4n) is 1.15. The van der Waals surface area contributed by atoms with Crippen molar-refractivity contribution >= 4 is 0 Å². The summed E-state index contributed by atoms with van der Waals surface area (Å²) in [5.41, 5.74) is 0.454. The van der Waals surface area contributed by atoms with Gasteiger partial charge in [0.15, 0.2) is 0 Å². The highest BCUT2D eigenvalue weighted by molar-refractivity contribution is 4.95. The monoisotopic (exact) mass is 218 g/mol. The van der Waals surface area contributed by atoms with Crippen molar-refractivity contribution in [3.05, 3.63) is 11.9 Å². The highest BCUT2D eigenvalue weighted by atomic mass is 19.3. The Balaban J connectivity index is 1.96. The SMILES string of the molecule is OCC(F)(F)n1cc(CNC2CC2)nn1. The second kappa shape index (κ2) is 3.82. The predicted octanol–water partition coefficient (Wildman–Crippen LogP) is 0.0717. The molecule has 1 aliphatic carbocycles. The molecule has 1 aliphatic rings. The van der Waals surface area contributed by atoms with Crippen molar-refractivity contribution in [2.24, 2.45) is 0 Å². The molecule has 1 aromatic heterocycles. The first-order valence-corrected chi connectivity index (χ1v) is 4.75. The summed E-state index contributed by atoms with van der Waals surface area (Å²) in [4.78, 5) is 0. The zero-order valence-electron chi connectivity index (χ0n) is 8.03. The maximum Gasteiger partial charge on any atom is 0.367 e. The molecule has 0 unspecified atom stereocenters. The van der Waals surface area contributed by atoms with Crippen LogP contribution in [0.25, 0.3) is 0 Å². The lowest BCUT2D eigenvalue weighted by Crippen LogP contribution is -2.27. The first-order chi connectivity index (χ1) is 7.12. The van der Waals surface area contributed by atoms with Gasteiger partial charge in [-0.3, -0.25) is 0 Å². The average Bonchev–Trinajstić information content (AvgIpc) is 2.92. The molecule has 1 aromatic rings. The molecule has 1 fully saturated rings. The fraction of sp³-hybridized carbons (Fsp3) is 0.750. The van der Waals surface area contributed by atoms with Crippen LogP contribution in [0.5, 0.6) is 0 Å². The van der Waals surface area contributed by atoms with Crippen LogP contribution in [0.2, 0.25) is 0 Å². The van der Waals surface area contributed by atoms with Gasteiger partial charge >= 0.3 is 6.05 Å². The smallest absolute Gasteiger partial charge is 0.367 e. The Morgan fingerprint density at radius 3 is 2.93 bits per heavy atom. The van der Waals surface area contributed by atoms with Gasteiger partial charge < -0.3 is 10.4 Å². The van der Waals surface area contributed by atoms with Gasteiger partial charge in [0.05, 0.1) is 11.9 Å². The molecule has 0 amide bonds. The molecule has 2 N–H and O–H groups in total. The van der Waals surface area contributed by atoms with Crippen molar-refractivity contribution in [3.63, 3.8) is 0 Å². The second-order valence-electron chi connectivity index (χ2n) is 3.63. The summed E-state index contributed by atoms with van der Waals surface area (Å²) in [7, 11) is 0. The predicted molar refractivity (Wildman–Crippen MR) is 47.2 cm³/mol. The van der Waals surface area contributed by atoms with Crippen molar-refractivity contribution in [2.75, 3.05) is 6.61 Å². The van der Waals surface area contributed by atoms with Gasteiger partial charge in [0.2, 0.25) is 0 Å². The lowest BCUT2D eigenvalue weighted by Gasteiger charge is -2.11. The Bertz CT molecular complexity index is 337. The molecule has 0 saturated heterocycles. The van der Waals surface area contributed by atoms with Crippen molar-refractivity contribution in [3.8, 4) is 0 Å². The number of nitrogens with one attached hydrogen (secondary N) is 1. The minimum absolute atomic E-state index is 0.386. The van der Waals surface area contributed by atoms with E-state index in [1.54, 1.807) is 0 Å². The van der Waals surface area contributed by atoms with Crippen LogP contribution in [0.4, 0.5) is 8.78 Å². The number of alkyl halides is 2. The van der Waals surface area contributed by atoms with Crippen LogP contribution in [-0.2, 0) is 12.6 Å². The minimum atomic E-state index is -3.37. The number of aliphatic hydroxyl groups excluding tert-OH is 1. The second-order valence-corrected chi connectivity index (χ2v) is 3.63. The summed E-state index contributed by atoms with van der Waals surface area (Å²) in [5, 5.41) is 18.4. The summed E-state index contributed by atoms with van der Waals surface area (Å²) >= 11 is 0. The number of hydrogen-bond donors (Lipinski definition) is 2. The maximum atomic E-state index is 12.9. The van der Waals surface area contributed by atoms with Crippen LogP contribution in [0.15, 0.2) is 6.20 Å². The van der Waals surface area contributed by atoms with Gasteiger partial charge in [-0.05, 0) is 12.8 Å². The summed E-state index contributed by atoms with van der Waals surface area (Å²) in [6.45, 7) is -0.835. The molecule has 0 atom stereocenters. The Kier molecular flexibility index (Phi) is 2.66. The van der Waals surface area contributed by atoms with E-state index in [9.17, 15) is 8.78 Å². The third-order valence-electron chi connectivity index (χ3n) is 2.22. The van der Waals surface area contributed by atoms with Crippen molar-refractivity contribution in [2.45, 2.75) is 31.5 Å². The number of nitrogens with zero attached hydrogens (tertiary/aromatic N) is 3. The van der Waals surface area contributed by atoms with E-state index < -0.39 is 12.7 Å². The molecule has 0 aromatic carbocycles. The van der Waals surface area contributed by atoms with E-state index in [1.165, 1.54) is 0 Å². The topological polar surface area (TPSA) is 63.0 Å². The van der Waals surface area contributed by atoms with Gasteiger partial charge in [0.1, 0.15) is 6.61 Å². The van der Waals surface area contributed by atoms with E-state index in [0.717, 1.165) is 19.0 Å². The molecule has 2 rings (SSSR count). The van der Waals surface area contributed by atoms with Gasteiger partial charge in [0, 0.05) is 12.6 Å². The van der Waals surface area contributed by atoms with Gasteiger partial charge in [-0.1, -0.05) is 5.21 Å². The van der Waals surface area contributed by atoms with Crippen LogP contribution in [0.1, 0.15) is 18.5 Å². The van der Waals surface area contributed by atoms with Crippen molar-refractivity contribution in [1.29, 1.82) is 0 Å². The number of aliphatic hydroxyl groups is 1. The van der Waals surface area contributed by atoms with Crippen LogP contribution in [0, 0.1) is 0 Å². The zero-order valence-corrected chi connectivity index (χ0v) is 8.03. The lowest BCUT2D eigenvalue weighted by atomic mass is 10.4. The first-order valence-electron chi connectivity index (χ1n) is 4.75. The average molecular weight is 218 g/mol. The van der Waals surface area contributed by atoms with Crippen molar-refractivity contribution in [1.82, 2.24) is 20.3 Å². The quantitative estimate of drug-likeness (QED) is 0.734.